The second-order valence-electron chi connectivity index (χ2n) is 4.81. The van der Waals surface area contributed by atoms with E-state index in [-0.39, 0.29) is 10.6 Å². The van der Waals surface area contributed by atoms with Crippen LogP contribution in [0.3, 0.4) is 0 Å². The highest BCUT2D eigenvalue weighted by Gasteiger charge is 2.14. The highest BCUT2D eigenvalue weighted by atomic mass is 32.2. The van der Waals surface area contributed by atoms with E-state index in [2.05, 4.69) is 15.4 Å². The number of rotatable bonds is 6. The molecule has 0 amide bonds. The van der Waals surface area contributed by atoms with Crippen molar-refractivity contribution in [3.63, 3.8) is 0 Å². The van der Waals surface area contributed by atoms with Gasteiger partial charge in [0.1, 0.15) is 5.82 Å². The Balaban J connectivity index is 1.60. The highest BCUT2D eigenvalue weighted by molar-refractivity contribution is 7.91. The first-order valence-electron chi connectivity index (χ1n) is 6.85. The first-order chi connectivity index (χ1) is 11.0. The molecular formula is C14H13FN4O2S2. The lowest BCUT2D eigenvalue weighted by Gasteiger charge is -2.04. The molecule has 0 aliphatic rings. The van der Waals surface area contributed by atoms with Crippen molar-refractivity contribution in [2.24, 2.45) is 0 Å². The quantitative estimate of drug-likeness (QED) is 0.637. The van der Waals surface area contributed by atoms with Crippen LogP contribution in [0, 0.1) is 5.82 Å². The van der Waals surface area contributed by atoms with Crippen LogP contribution < -0.4 is 0 Å². The molecule has 6 nitrogen and oxygen atoms in total. The van der Waals surface area contributed by atoms with E-state index in [0.29, 0.717) is 18.8 Å². The number of halogens is 1. The van der Waals surface area contributed by atoms with Gasteiger partial charge >= 0.3 is 0 Å². The summed E-state index contributed by atoms with van der Waals surface area (Å²) in [5, 5.41) is 14.0. The molecule has 9 heteroatoms. The second-order valence-corrected chi connectivity index (χ2v) is 7.87. The van der Waals surface area contributed by atoms with E-state index in [9.17, 15) is 12.8 Å². The molecule has 0 spiro atoms. The summed E-state index contributed by atoms with van der Waals surface area (Å²) in [7, 11) is -3.44. The average molecular weight is 352 g/mol. The number of nitrogens with zero attached hydrogens (tertiary/aromatic N) is 4. The van der Waals surface area contributed by atoms with Crippen molar-refractivity contribution < 1.29 is 12.8 Å². The van der Waals surface area contributed by atoms with Gasteiger partial charge in [-0.25, -0.2) is 12.8 Å². The predicted molar refractivity (Wildman–Crippen MR) is 84.2 cm³/mol. The summed E-state index contributed by atoms with van der Waals surface area (Å²) in [6.45, 7) is 0.346. The maximum atomic E-state index is 12.8. The minimum Gasteiger partial charge on any atom is -0.224 e. The van der Waals surface area contributed by atoms with E-state index in [1.807, 2.05) is 17.5 Å². The van der Waals surface area contributed by atoms with Crippen molar-refractivity contribution in [3.05, 3.63) is 47.6 Å². The summed E-state index contributed by atoms with van der Waals surface area (Å²) in [5.41, 5.74) is 0. The minimum absolute atomic E-state index is 0.0610. The van der Waals surface area contributed by atoms with E-state index < -0.39 is 15.7 Å². The normalized spacial score (nSPS) is 11.7. The van der Waals surface area contributed by atoms with Crippen LogP contribution in [-0.4, -0.2) is 34.4 Å². The maximum absolute atomic E-state index is 12.8. The molecule has 120 valence electrons. The SMILES string of the molecule is O=S(=O)(CCCn1nnc(-c2cccs2)n1)c1ccc(F)cc1. The van der Waals surface area contributed by atoms with Gasteiger partial charge in [0, 0.05) is 0 Å². The van der Waals surface area contributed by atoms with Gasteiger partial charge in [-0.15, -0.1) is 21.5 Å². The molecule has 0 aliphatic carbocycles. The number of tetrazole rings is 1. The Morgan fingerprint density at radius 2 is 1.96 bits per heavy atom. The van der Waals surface area contributed by atoms with Crippen molar-refractivity contribution in [2.75, 3.05) is 5.75 Å². The minimum atomic E-state index is -3.44. The molecule has 3 aromatic rings. The summed E-state index contributed by atoms with van der Waals surface area (Å²) in [6, 6.07) is 8.61. The molecular weight excluding hydrogens is 339 g/mol. The zero-order valence-electron chi connectivity index (χ0n) is 12.0. The molecule has 3 rings (SSSR count). The van der Waals surface area contributed by atoms with Crippen molar-refractivity contribution in [2.45, 2.75) is 17.9 Å². The van der Waals surface area contributed by atoms with E-state index in [1.54, 1.807) is 0 Å². The van der Waals surface area contributed by atoms with Crippen molar-refractivity contribution >= 4 is 21.2 Å². The molecule has 0 fully saturated rings. The number of thiophene rings is 1. The zero-order chi connectivity index (χ0) is 16.3. The Labute approximate surface area is 136 Å². The molecule has 0 unspecified atom stereocenters. The lowest BCUT2D eigenvalue weighted by atomic mass is 10.4. The standard InChI is InChI=1S/C14H13FN4O2S2/c15-11-4-6-12(7-5-11)23(20,21)10-2-8-19-17-14(16-18-19)13-3-1-9-22-13/h1,3-7,9H,2,8,10H2. The topological polar surface area (TPSA) is 77.7 Å². The summed E-state index contributed by atoms with van der Waals surface area (Å²) in [5.74, 6) is 0.00683. The van der Waals surface area contributed by atoms with Gasteiger partial charge in [0.05, 0.1) is 22.1 Å². The Morgan fingerprint density at radius 3 is 2.65 bits per heavy atom. The molecule has 0 N–H and O–H groups in total. The number of hydrogen-bond donors (Lipinski definition) is 0. The Kier molecular flexibility index (Phi) is 4.49. The summed E-state index contributed by atoms with van der Waals surface area (Å²) in [6.07, 6.45) is 0.347. The fourth-order valence-corrected chi connectivity index (χ4v) is 3.94. The molecule has 23 heavy (non-hydrogen) atoms. The molecule has 0 aliphatic heterocycles. The predicted octanol–water partition coefficient (Wildman–Crippen LogP) is 2.40. The maximum Gasteiger partial charge on any atom is 0.214 e. The molecule has 1 aromatic carbocycles. The molecule has 2 aromatic heterocycles. The van der Waals surface area contributed by atoms with Crippen molar-refractivity contribution in [1.29, 1.82) is 0 Å². The average Bonchev–Trinajstić information content (AvgIpc) is 3.18. The van der Waals surface area contributed by atoms with Crippen molar-refractivity contribution in [3.8, 4) is 10.7 Å². The van der Waals surface area contributed by atoms with E-state index in [4.69, 9.17) is 0 Å². The second kappa shape index (κ2) is 6.55. The molecule has 0 bridgehead atoms. The number of hydrogen-bond acceptors (Lipinski definition) is 6. The monoisotopic (exact) mass is 352 g/mol. The van der Waals surface area contributed by atoms with Gasteiger partial charge in [0.2, 0.25) is 5.82 Å². The smallest absolute Gasteiger partial charge is 0.214 e. The Morgan fingerprint density at radius 1 is 1.17 bits per heavy atom. The van der Waals surface area contributed by atoms with Crippen LogP contribution in [0.2, 0.25) is 0 Å². The van der Waals surface area contributed by atoms with Crippen LogP contribution in [0.25, 0.3) is 10.7 Å². The number of benzene rings is 1. The summed E-state index contributed by atoms with van der Waals surface area (Å²) < 4.78 is 37.1. The fourth-order valence-electron chi connectivity index (χ4n) is 2.00. The van der Waals surface area contributed by atoms with Gasteiger partial charge in [0.15, 0.2) is 9.84 Å². The van der Waals surface area contributed by atoms with Crippen LogP contribution >= 0.6 is 11.3 Å². The number of aryl methyl sites for hydroxylation is 1. The summed E-state index contributed by atoms with van der Waals surface area (Å²) in [4.78, 5) is 2.41. The summed E-state index contributed by atoms with van der Waals surface area (Å²) >= 11 is 1.51. The number of sulfone groups is 1. The molecule has 0 saturated carbocycles. The third-order valence-electron chi connectivity index (χ3n) is 3.14. The zero-order valence-corrected chi connectivity index (χ0v) is 13.6. The highest BCUT2D eigenvalue weighted by Crippen LogP contribution is 2.19. The molecule has 0 radical (unpaired) electrons. The molecule has 0 saturated heterocycles. The van der Waals surface area contributed by atoms with Gasteiger partial charge in [-0.2, -0.15) is 4.80 Å². The van der Waals surface area contributed by atoms with E-state index in [1.165, 1.54) is 28.3 Å². The third-order valence-corrected chi connectivity index (χ3v) is 5.82. The fraction of sp³-hybridized carbons (Fsp3) is 0.214. The van der Waals surface area contributed by atoms with Gasteiger partial charge in [0.25, 0.3) is 0 Å². The van der Waals surface area contributed by atoms with Gasteiger partial charge in [-0.05, 0) is 47.3 Å². The van der Waals surface area contributed by atoms with Gasteiger partial charge in [-0.1, -0.05) is 6.07 Å². The lowest BCUT2D eigenvalue weighted by Crippen LogP contribution is -2.11. The molecule has 2 heterocycles. The van der Waals surface area contributed by atoms with Crippen LogP contribution in [0.5, 0.6) is 0 Å². The van der Waals surface area contributed by atoms with Gasteiger partial charge in [-0.3, -0.25) is 0 Å². The first kappa shape index (κ1) is 15.8. The third kappa shape index (κ3) is 3.80. The van der Waals surface area contributed by atoms with Crippen LogP contribution in [0.1, 0.15) is 6.42 Å². The molecule has 0 atom stereocenters. The van der Waals surface area contributed by atoms with E-state index in [0.717, 1.165) is 17.0 Å². The number of aromatic nitrogens is 4. The first-order valence-corrected chi connectivity index (χ1v) is 9.38. The Hall–Kier alpha value is -2.13. The van der Waals surface area contributed by atoms with Crippen LogP contribution in [-0.2, 0) is 16.4 Å². The van der Waals surface area contributed by atoms with Crippen molar-refractivity contribution in [1.82, 2.24) is 20.2 Å². The van der Waals surface area contributed by atoms with Crippen LogP contribution in [0.4, 0.5) is 4.39 Å². The van der Waals surface area contributed by atoms with E-state index >= 15 is 0 Å². The van der Waals surface area contributed by atoms with Gasteiger partial charge < -0.3 is 0 Å². The van der Waals surface area contributed by atoms with Crippen LogP contribution in [0.15, 0.2) is 46.7 Å². The Bertz CT molecular complexity index is 874. The largest absolute Gasteiger partial charge is 0.224 e. The lowest BCUT2D eigenvalue weighted by molar-refractivity contribution is 0.511.